The van der Waals surface area contributed by atoms with Gasteiger partial charge in [0.1, 0.15) is 6.00 Å². The summed E-state index contributed by atoms with van der Waals surface area (Å²) in [7, 11) is -1.63. The van der Waals surface area contributed by atoms with Crippen LogP contribution in [0, 0.1) is 0 Å². The number of hydrogen-bond donors (Lipinski definition) is 1. The summed E-state index contributed by atoms with van der Waals surface area (Å²) >= 11 is 5.30. The van der Waals surface area contributed by atoms with Crippen LogP contribution < -0.4 is 0 Å². The Hall–Kier alpha value is -0.540. The van der Waals surface area contributed by atoms with Gasteiger partial charge < -0.3 is 0 Å². The summed E-state index contributed by atoms with van der Waals surface area (Å²) < 4.78 is 14.8. The molecule has 0 saturated carbocycles. The van der Waals surface area contributed by atoms with Crippen LogP contribution in [0.5, 0.6) is 0 Å². The number of benzene rings is 1. The summed E-state index contributed by atoms with van der Waals surface area (Å²) in [5, 5.41) is 0. The lowest BCUT2D eigenvalue weighted by molar-refractivity contribution is 0.688. The highest BCUT2D eigenvalue weighted by atomic mass is 35.5. The molecule has 0 bridgehead atoms. The highest BCUT2D eigenvalue weighted by Crippen LogP contribution is 2.01. The molecule has 1 rings (SSSR count). The van der Waals surface area contributed by atoms with Crippen LogP contribution in [-0.2, 0) is 10.6 Å². The molecule has 0 saturated heterocycles. The molecule has 0 N–H and O–H groups in total. The summed E-state index contributed by atoms with van der Waals surface area (Å²) in [6.45, 7) is 0. The van der Waals surface area contributed by atoms with Crippen molar-refractivity contribution in [3.05, 3.63) is 30.3 Å². The van der Waals surface area contributed by atoms with Crippen LogP contribution in [0.15, 0.2) is 39.6 Å². The van der Waals surface area contributed by atoms with E-state index in [1.165, 1.54) is 0 Å². The van der Waals surface area contributed by atoms with E-state index < -0.39 is 10.6 Å². The van der Waals surface area contributed by atoms with Gasteiger partial charge in [-0.1, -0.05) is 18.2 Å². The molecule has 2 nitrogen and oxygen atoms in total. The number of alkyl halides is 1. The van der Waals surface area contributed by atoms with E-state index in [1.54, 1.807) is 12.1 Å². The van der Waals surface area contributed by atoms with Crippen LogP contribution in [-0.4, -0.2) is 10.2 Å². The third kappa shape index (κ3) is 2.52. The molecular weight excluding hydrogens is 182 g/mol. The second kappa shape index (κ2) is 4.36. The van der Waals surface area contributed by atoms with E-state index in [0.29, 0.717) is 0 Å². The molecular formula is C7H8ClNOS. The largest absolute Gasteiger partial charge is 0.248 e. The second-order valence-electron chi connectivity index (χ2n) is 1.87. The number of rotatable bonds is 2. The molecule has 0 radical (unpaired) electrons. The first-order valence-corrected chi connectivity index (χ1v) is 4.85. The zero-order valence-electron chi connectivity index (χ0n) is 5.77. The number of hydrogen-bond acceptors (Lipinski definition) is 2. The van der Waals surface area contributed by atoms with Gasteiger partial charge in [0.2, 0.25) is 0 Å². The van der Waals surface area contributed by atoms with Gasteiger partial charge in [0.15, 0.2) is 0 Å². The minimum Gasteiger partial charge on any atom is -0.248 e. The van der Waals surface area contributed by atoms with Gasteiger partial charge in [0.05, 0.1) is 10.6 Å². The van der Waals surface area contributed by atoms with E-state index in [2.05, 4.69) is 4.36 Å². The molecule has 0 spiro atoms. The molecule has 1 atom stereocenters. The van der Waals surface area contributed by atoms with E-state index in [4.69, 9.17) is 11.6 Å². The van der Waals surface area contributed by atoms with Crippen LogP contribution in [0.1, 0.15) is 0 Å². The molecule has 11 heavy (non-hydrogen) atoms. The quantitative estimate of drug-likeness (QED) is 0.430. The average molecular weight is 190 g/mol. The van der Waals surface area contributed by atoms with Crippen molar-refractivity contribution in [2.75, 3.05) is 6.00 Å². The van der Waals surface area contributed by atoms with Crippen molar-refractivity contribution in [1.82, 2.24) is 0 Å². The van der Waals surface area contributed by atoms with E-state index >= 15 is 0 Å². The predicted octanol–water partition coefficient (Wildman–Crippen LogP) is 1.91. The summed E-state index contributed by atoms with van der Waals surface area (Å²) in [5.41, 5.74) is 0. The molecule has 1 aromatic carbocycles. The van der Waals surface area contributed by atoms with Crippen molar-refractivity contribution in [2.45, 2.75) is 4.90 Å². The summed E-state index contributed by atoms with van der Waals surface area (Å²) in [6, 6.07) is 9.15. The molecule has 0 fully saturated rings. The minimum atomic E-state index is -1.63. The summed E-state index contributed by atoms with van der Waals surface area (Å²) in [5.74, 6) is 0. The zero-order valence-corrected chi connectivity index (χ0v) is 7.42. The maximum atomic E-state index is 11.1. The summed E-state index contributed by atoms with van der Waals surface area (Å²) in [6.07, 6.45) is 0. The number of thiol groups is 1. The van der Waals surface area contributed by atoms with Gasteiger partial charge in [-0.05, 0) is 12.1 Å². The SMILES string of the molecule is O=[SH](=N\CCl)/c1ccccc1. The molecule has 1 unspecified atom stereocenters. The van der Waals surface area contributed by atoms with Gasteiger partial charge in [-0.25, -0.2) is 8.57 Å². The first kappa shape index (κ1) is 8.56. The Bertz CT molecular complexity index is 293. The molecule has 0 aliphatic carbocycles. The van der Waals surface area contributed by atoms with Gasteiger partial charge in [-0.2, -0.15) is 0 Å². The topological polar surface area (TPSA) is 29.4 Å². The standard InChI is InChI=1S/C7H8ClNOS/c8-6-9-11(10)7-4-2-1-3-5-7/h1-5,11H,6H2. The molecule has 60 valence electrons. The van der Waals surface area contributed by atoms with Crippen LogP contribution >= 0.6 is 11.6 Å². The maximum absolute atomic E-state index is 11.1. The lowest BCUT2D eigenvalue weighted by Gasteiger charge is -1.89. The van der Waals surface area contributed by atoms with Crippen molar-refractivity contribution in [3.8, 4) is 0 Å². The molecule has 0 aliphatic heterocycles. The second-order valence-corrected chi connectivity index (χ2v) is 3.45. The van der Waals surface area contributed by atoms with Gasteiger partial charge in [0.25, 0.3) is 0 Å². The van der Waals surface area contributed by atoms with Gasteiger partial charge in [-0.15, -0.1) is 11.6 Å². The normalized spacial score (nSPS) is 13.2. The fraction of sp³-hybridized carbons (Fsp3) is 0.143. The Balaban J connectivity index is 2.95. The van der Waals surface area contributed by atoms with Crippen molar-refractivity contribution in [2.24, 2.45) is 4.36 Å². The first-order chi connectivity index (χ1) is 5.34. The van der Waals surface area contributed by atoms with E-state index in [-0.39, 0.29) is 6.00 Å². The highest BCUT2D eigenvalue weighted by molar-refractivity contribution is 7.75. The minimum absolute atomic E-state index is 0.0874. The lowest BCUT2D eigenvalue weighted by Crippen LogP contribution is -1.78. The van der Waals surface area contributed by atoms with E-state index in [1.807, 2.05) is 18.2 Å². The Morgan fingerprint density at radius 3 is 2.55 bits per heavy atom. The Labute approximate surface area is 72.4 Å². The molecule has 0 aromatic heterocycles. The molecule has 4 heteroatoms. The van der Waals surface area contributed by atoms with Gasteiger partial charge in [-0.3, -0.25) is 0 Å². The predicted molar refractivity (Wildman–Crippen MR) is 47.4 cm³/mol. The fourth-order valence-corrected chi connectivity index (χ4v) is 1.66. The van der Waals surface area contributed by atoms with Crippen molar-refractivity contribution in [1.29, 1.82) is 0 Å². The number of halogens is 1. The zero-order chi connectivity index (χ0) is 8.10. The molecule has 0 aliphatic rings. The van der Waals surface area contributed by atoms with Crippen molar-refractivity contribution in [3.63, 3.8) is 0 Å². The smallest absolute Gasteiger partial charge is 0.122 e. The Kier molecular flexibility index (Phi) is 3.39. The van der Waals surface area contributed by atoms with Crippen LogP contribution in [0.2, 0.25) is 0 Å². The fourth-order valence-electron chi connectivity index (χ4n) is 0.686. The van der Waals surface area contributed by atoms with E-state index in [9.17, 15) is 4.21 Å². The van der Waals surface area contributed by atoms with Crippen molar-refractivity contribution < 1.29 is 4.21 Å². The highest BCUT2D eigenvalue weighted by Gasteiger charge is 1.87. The monoisotopic (exact) mass is 189 g/mol. The molecule has 0 amide bonds. The lowest BCUT2D eigenvalue weighted by atomic mass is 10.4. The molecule has 1 aromatic rings. The van der Waals surface area contributed by atoms with Crippen LogP contribution in [0.3, 0.4) is 0 Å². The maximum Gasteiger partial charge on any atom is 0.122 e. The van der Waals surface area contributed by atoms with Crippen LogP contribution in [0.4, 0.5) is 0 Å². The van der Waals surface area contributed by atoms with Crippen LogP contribution in [0.25, 0.3) is 0 Å². The van der Waals surface area contributed by atoms with Crippen molar-refractivity contribution >= 4 is 22.2 Å². The van der Waals surface area contributed by atoms with E-state index in [0.717, 1.165) is 4.90 Å². The summed E-state index contributed by atoms with van der Waals surface area (Å²) in [4.78, 5) is 0.725. The Morgan fingerprint density at radius 1 is 1.36 bits per heavy atom. The average Bonchev–Trinajstić information content (AvgIpc) is 2.07. The third-order valence-corrected chi connectivity index (χ3v) is 2.58. The first-order valence-electron chi connectivity index (χ1n) is 3.10. The molecule has 0 heterocycles. The third-order valence-electron chi connectivity index (χ3n) is 1.16. The van der Waals surface area contributed by atoms with Gasteiger partial charge in [0, 0.05) is 4.90 Å². The Morgan fingerprint density at radius 2 is 2.00 bits per heavy atom. The van der Waals surface area contributed by atoms with Gasteiger partial charge >= 0.3 is 0 Å². The number of nitrogens with zero attached hydrogens (tertiary/aromatic N) is 1.